The lowest BCUT2D eigenvalue weighted by atomic mass is 10.1. The molecule has 1 heterocycles. The minimum Gasteiger partial charge on any atom is -0.378 e. The van der Waals surface area contributed by atoms with E-state index in [0.29, 0.717) is 0 Å². The number of hydrogen-bond acceptors (Lipinski definition) is 4. The van der Waals surface area contributed by atoms with Gasteiger partial charge in [0.15, 0.2) is 11.6 Å². The van der Waals surface area contributed by atoms with Crippen molar-refractivity contribution in [1.82, 2.24) is 14.8 Å². The van der Waals surface area contributed by atoms with Crippen molar-refractivity contribution in [2.75, 3.05) is 38.0 Å². The first-order chi connectivity index (χ1) is 12.0. The topological polar surface area (TPSA) is 37.2 Å². The number of aromatic nitrogens is 3. The van der Waals surface area contributed by atoms with E-state index >= 15 is 0 Å². The van der Waals surface area contributed by atoms with Crippen molar-refractivity contribution in [2.45, 2.75) is 13.5 Å². The van der Waals surface area contributed by atoms with Gasteiger partial charge < -0.3 is 14.4 Å². The molecule has 0 aliphatic carbocycles. The third-order valence-corrected chi connectivity index (χ3v) is 4.35. The maximum Gasteiger partial charge on any atom is 0.164 e. The standard InChI is InChI=1S/C20H25N5/c1-6-25-19(15-7-11-17(12-8-15)23(2)3)21-22-20(25)16-9-13-18(14-10-16)24(4)5/h7-14H,6H2,1-5H3. The van der Waals surface area contributed by atoms with E-state index in [1.54, 1.807) is 0 Å². The van der Waals surface area contributed by atoms with Gasteiger partial charge in [0.1, 0.15) is 0 Å². The molecule has 0 unspecified atom stereocenters. The van der Waals surface area contributed by atoms with Crippen LogP contribution < -0.4 is 9.80 Å². The van der Waals surface area contributed by atoms with E-state index < -0.39 is 0 Å². The van der Waals surface area contributed by atoms with Gasteiger partial charge in [0.05, 0.1) is 0 Å². The molecule has 0 bridgehead atoms. The second kappa shape index (κ2) is 6.97. The second-order valence-electron chi connectivity index (χ2n) is 6.47. The Morgan fingerprint density at radius 1 is 0.680 bits per heavy atom. The zero-order valence-corrected chi connectivity index (χ0v) is 15.6. The molecular weight excluding hydrogens is 310 g/mol. The van der Waals surface area contributed by atoms with Gasteiger partial charge in [0.25, 0.3) is 0 Å². The highest BCUT2D eigenvalue weighted by Gasteiger charge is 2.14. The Morgan fingerprint density at radius 3 is 1.32 bits per heavy atom. The van der Waals surface area contributed by atoms with Crippen LogP contribution in [0.15, 0.2) is 48.5 Å². The highest BCUT2D eigenvalue weighted by atomic mass is 15.3. The van der Waals surface area contributed by atoms with Gasteiger partial charge in [-0.25, -0.2) is 0 Å². The molecule has 3 aromatic rings. The van der Waals surface area contributed by atoms with Crippen molar-refractivity contribution in [3.05, 3.63) is 48.5 Å². The Kier molecular flexibility index (Phi) is 4.74. The predicted molar refractivity (Wildman–Crippen MR) is 105 cm³/mol. The summed E-state index contributed by atoms with van der Waals surface area (Å²) in [6, 6.07) is 16.8. The van der Waals surface area contributed by atoms with Gasteiger partial charge in [-0.05, 0) is 55.5 Å². The van der Waals surface area contributed by atoms with Gasteiger partial charge in [-0.3, -0.25) is 0 Å². The molecule has 0 N–H and O–H groups in total. The summed E-state index contributed by atoms with van der Waals surface area (Å²) in [7, 11) is 8.16. The van der Waals surface area contributed by atoms with Crippen molar-refractivity contribution in [3.8, 4) is 22.8 Å². The average Bonchev–Trinajstić information content (AvgIpc) is 3.05. The van der Waals surface area contributed by atoms with Crippen molar-refractivity contribution in [2.24, 2.45) is 0 Å². The third-order valence-electron chi connectivity index (χ3n) is 4.35. The highest BCUT2D eigenvalue weighted by Crippen LogP contribution is 2.27. The molecule has 1 aromatic heterocycles. The molecule has 3 rings (SSSR count). The molecule has 5 nitrogen and oxygen atoms in total. The molecule has 0 radical (unpaired) electrons. The summed E-state index contributed by atoms with van der Waals surface area (Å²) < 4.78 is 2.16. The maximum absolute atomic E-state index is 4.45. The maximum atomic E-state index is 4.45. The van der Waals surface area contributed by atoms with Crippen LogP contribution in [0.25, 0.3) is 22.8 Å². The lowest BCUT2D eigenvalue weighted by Gasteiger charge is -2.14. The Labute approximate surface area is 149 Å². The monoisotopic (exact) mass is 335 g/mol. The van der Waals surface area contributed by atoms with Crippen LogP contribution in [0.3, 0.4) is 0 Å². The SMILES string of the molecule is CCn1c(-c2ccc(N(C)C)cc2)nnc1-c1ccc(N(C)C)cc1. The summed E-state index contributed by atoms with van der Waals surface area (Å²) in [6.07, 6.45) is 0. The van der Waals surface area contributed by atoms with Crippen molar-refractivity contribution < 1.29 is 0 Å². The fourth-order valence-corrected chi connectivity index (χ4v) is 2.85. The van der Waals surface area contributed by atoms with Gasteiger partial charge in [-0.2, -0.15) is 0 Å². The normalized spacial score (nSPS) is 10.8. The van der Waals surface area contributed by atoms with Crippen molar-refractivity contribution in [1.29, 1.82) is 0 Å². The smallest absolute Gasteiger partial charge is 0.164 e. The molecule has 25 heavy (non-hydrogen) atoms. The molecule has 130 valence electrons. The Bertz CT molecular complexity index is 761. The molecule has 0 amide bonds. The van der Waals surface area contributed by atoms with Crippen LogP contribution in [0.5, 0.6) is 0 Å². The molecule has 0 aliphatic heterocycles. The average molecular weight is 335 g/mol. The Hall–Kier alpha value is -2.82. The van der Waals surface area contributed by atoms with Crippen LogP contribution in [0.4, 0.5) is 11.4 Å². The summed E-state index contributed by atoms with van der Waals surface area (Å²) in [5, 5.41) is 8.91. The van der Waals surface area contributed by atoms with E-state index in [2.05, 4.69) is 80.0 Å². The molecular formula is C20H25N5. The van der Waals surface area contributed by atoms with Crippen LogP contribution in [0.1, 0.15) is 6.92 Å². The zero-order valence-electron chi connectivity index (χ0n) is 15.6. The quantitative estimate of drug-likeness (QED) is 0.711. The van der Waals surface area contributed by atoms with Crippen LogP contribution in [-0.4, -0.2) is 43.0 Å². The first-order valence-corrected chi connectivity index (χ1v) is 8.50. The minimum absolute atomic E-state index is 0.822. The van der Waals surface area contributed by atoms with E-state index in [9.17, 15) is 0 Å². The van der Waals surface area contributed by atoms with Crippen molar-refractivity contribution in [3.63, 3.8) is 0 Å². The molecule has 0 saturated heterocycles. The van der Waals surface area contributed by atoms with Crippen LogP contribution >= 0.6 is 0 Å². The summed E-state index contributed by atoms with van der Waals surface area (Å²) in [5.74, 6) is 1.80. The lowest BCUT2D eigenvalue weighted by Crippen LogP contribution is -2.08. The second-order valence-corrected chi connectivity index (χ2v) is 6.47. The number of hydrogen-bond donors (Lipinski definition) is 0. The van der Waals surface area contributed by atoms with Gasteiger partial charge in [-0.1, -0.05) is 0 Å². The lowest BCUT2D eigenvalue weighted by molar-refractivity contribution is 0.775. The van der Waals surface area contributed by atoms with E-state index in [0.717, 1.165) is 29.3 Å². The summed E-state index contributed by atoms with van der Waals surface area (Å²) in [6.45, 7) is 2.95. The Morgan fingerprint density at radius 2 is 1.04 bits per heavy atom. The van der Waals surface area contributed by atoms with Gasteiger partial charge >= 0.3 is 0 Å². The summed E-state index contributed by atoms with van der Waals surface area (Å²) in [5.41, 5.74) is 4.50. The molecule has 2 aromatic carbocycles. The number of benzene rings is 2. The summed E-state index contributed by atoms with van der Waals surface area (Å²) >= 11 is 0. The molecule has 0 aliphatic rings. The predicted octanol–water partition coefficient (Wildman–Crippen LogP) is 3.76. The first kappa shape index (κ1) is 17.0. The number of anilines is 2. The summed E-state index contributed by atoms with van der Waals surface area (Å²) in [4.78, 5) is 4.18. The number of rotatable bonds is 5. The van der Waals surface area contributed by atoms with Gasteiger partial charge in [0.2, 0.25) is 0 Å². The number of nitrogens with zero attached hydrogens (tertiary/aromatic N) is 5. The van der Waals surface area contributed by atoms with E-state index in [-0.39, 0.29) is 0 Å². The van der Waals surface area contributed by atoms with Crippen LogP contribution in [0, 0.1) is 0 Å². The zero-order chi connectivity index (χ0) is 18.0. The minimum atomic E-state index is 0.822. The molecule has 0 spiro atoms. The largest absolute Gasteiger partial charge is 0.378 e. The van der Waals surface area contributed by atoms with Gasteiger partial charge in [0, 0.05) is 57.2 Å². The third kappa shape index (κ3) is 3.36. The van der Waals surface area contributed by atoms with E-state index in [1.807, 2.05) is 28.2 Å². The van der Waals surface area contributed by atoms with Crippen molar-refractivity contribution >= 4 is 11.4 Å². The fourth-order valence-electron chi connectivity index (χ4n) is 2.85. The molecule has 0 atom stereocenters. The molecule has 0 fully saturated rings. The molecule has 0 saturated carbocycles. The highest BCUT2D eigenvalue weighted by molar-refractivity contribution is 5.66. The first-order valence-electron chi connectivity index (χ1n) is 8.50. The Balaban J connectivity index is 1.98. The van der Waals surface area contributed by atoms with Crippen LogP contribution in [-0.2, 0) is 6.54 Å². The van der Waals surface area contributed by atoms with Gasteiger partial charge in [-0.15, -0.1) is 10.2 Å². The van der Waals surface area contributed by atoms with Crippen LogP contribution in [0.2, 0.25) is 0 Å². The molecule has 5 heteroatoms. The van der Waals surface area contributed by atoms with E-state index in [4.69, 9.17) is 0 Å². The van der Waals surface area contributed by atoms with E-state index in [1.165, 1.54) is 11.4 Å². The fraction of sp³-hybridized carbons (Fsp3) is 0.300.